The van der Waals surface area contributed by atoms with Crippen LogP contribution in [-0.2, 0) is 0 Å². The van der Waals surface area contributed by atoms with E-state index in [1.54, 1.807) is 0 Å². The molecular weight excluding hydrogens is 238 g/mol. The first-order valence-electron chi connectivity index (χ1n) is 4.92. The summed E-state index contributed by atoms with van der Waals surface area (Å²) in [5.41, 5.74) is 4.99. The minimum atomic E-state index is 1.06. The van der Waals surface area contributed by atoms with Crippen molar-refractivity contribution in [1.82, 2.24) is 0 Å². The Hall–Kier alpha value is -0.370. The molecule has 1 nitrogen and oxygen atoms in total. The summed E-state index contributed by atoms with van der Waals surface area (Å²) in [6.07, 6.45) is 1.06. The molecule has 0 amide bonds. The van der Waals surface area contributed by atoms with Crippen LogP contribution in [0.3, 0.4) is 0 Å². The van der Waals surface area contributed by atoms with E-state index in [4.69, 9.17) is 0 Å². The topological polar surface area (TPSA) is 12.4 Å². The lowest BCUT2D eigenvalue weighted by molar-refractivity contribution is 1.09. The van der Waals surface area contributed by atoms with E-state index in [1.165, 1.54) is 21.2 Å². The molecule has 0 rings (SSSR count). The lowest BCUT2D eigenvalue weighted by Gasteiger charge is -2.11. The van der Waals surface area contributed by atoms with Crippen molar-refractivity contribution in [2.24, 2.45) is 4.99 Å². The van der Waals surface area contributed by atoms with E-state index >= 15 is 0 Å². The summed E-state index contributed by atoms with van der Waals surface area (Å²) in [6, 6.07) is 0. The Morgan fingerprint density at radius 3 is 1.93 bits per heavy atom. The van der Waals surface area contributed by atoms with Gasteiger partial charge in [-0.1, -0.05) is 34.0 Å². The normalized spacial score (nSPS) is 13.8. The number of rotatable bonds is 3. The van der Waals surface area contributed by atoms with Gasteiger partial charge in [0.25, 0.3) is 0 Å². The summed E-state index contributed by atoms with van der Waals surface area (Å²) in [5.74, 6) is 0. The maximum atomic E-state index is 4.24. The van der Waals surface area contributed by atoms with E-state index in [0.29, 0.717) is 0 Å². The van der Waals surface area contributed by atoms with Gasteiger partial charge in [0.05, 0.1) is 0 Å². The number of halogens is 1. The summed E-state index contributed by atoms with van der Waals surface area (Å²) in [7, 11) is 1.83. The van der Waals surface area contributed by atoms with Crippen molar-refractivity contribution < 1.29 is 0 Å². The number of aliphatic imine (C=N–C) groups is 1. The van der Waals surface area contributed by atoms with E-state index in [9.17, 15) is 0 Å². The molecule has 0 saturated carbocycles. The minimum absolute atomic E-state index is 1.06. The van der Waals surface area contributed by atoms with Gasteiger partial charge in [0.2, 0.25) is 0 Å². The molecule has 0 atom stereocenters. The second-order valence-electron chi connectivity index (χ2n) is 3.63. The van der Waals surface area contributed by atoms with Crippen LogP contribution in [0.15, 0.2) is 26.2 Å². The lowest BCUT2D eigenvalue weighted by Crippen LogP contribution is -2.01. The van der Waals surface area contributed by atoms with Crippen molar-refractivity contribution in [2.45, 2.75) is 41.0 Å². The van der Waals surface area contributed by atoms with E-state index in [-0.39, 0.29) is 0 Å². The predicted molar refractivity (Wildman–Crippen MR) is 69.3 cm³/mol. The van der Waals surface area contributed by atoms with Gasteiger partial charge in [0.15, 0.2) is 0 Å². The zero-order chi connectivity index (χ0) is 11.3. The summed E-state index contributed by atoms with van der Waals surface area (Å²) < 4.78 is 1.20. The first kappa shape index (κ1) is 13.6. The van der Waals surface area contributed by atoms with Gasteiger partial charge in [-0.2, -0.15) is 0 Å². The summed E-state index contributed by atoms with van der Waals surface area (Å²) in [4.78, 5) is 4.24. The Morgan fingerprint density at radius 2 is 1.64 bits per heavy atom. The van der Waals surface area contributed by atoms with Crippen LogP contribution >= 0.6 is 15.9 Å². The molecule has 0 saturated heterocycles. The van der Waals surface area contributed by atoms with Crippen molar-refractivity contribution in [3.63, 3.8) is 0 Å². The van der Waals surface area contributed by atoms with Crippen molar-refractivity contribution >= 4 is 21.6 Å². The van der Waals surface area contributed by atoms with Crippen molar-refractivity contribution in [1.29, 1.82) is 0 Å². The molecule has 0 fully saturated rings. The van der Waals surface area contributed by atoms with Crippen molar-refractivity contribution in [3.8, 4) is 0 Å². The number of nitrogens with zero attached hydrogens (tertiary/aromatic N) is 1. The van der Waals surface area contributed by atoms with Crippen LogP contribution in [0.2, 0.25) is 0 Å². The molecule has 0 N–H and O–H groups in total. The molecule has 0 heterocycles. The molecule has 0 aromatic heterocycles. The fraction of sp³-hybridized carbons (Fsp3) is 0.583. The van der Waals surface area contributed by atoms with Crippen molar-refractivity contribution in [2.75, 3.05) is 7.05 Å². The number of hydrogen-bond acceptors (Lipinski definition) is 1. The molecule has 0 aromatic rings. The molecule has 0 aliphatic rings. The van der Waals surface area contributed by atoms with Gasteiger partial charge in [0, 0.05) is 22.8 Å². The Kier molecular flexibility index (Phi) is 6.01. The molecule has 0 spiro atoms. The molecule has 0 radical (unpaired) electrons. The van der Waals surface area contributed by atoms with Gasteiger partial charge >= 0.3 is 0 Å². The molecule has 0 unspecified atom stereocenters. The van der Waals surface area contributed by atoms with Gasteiger partial charge in [0.1, 0.15) is 0 Å². The zero-order valence-electron chi connectivity index (χ0n) is 10.0. The van der Waals surface area contributed by atoms with E-state index < -0.39 is 0 Å². The van der Waals surface area contributed by atoms with Crippen LogP contribution in [0.5, 0.6) is 0 Å². The molecule has 2 heteroatoms. The molecule has 14 heavy (non-hydrogen) atoms. The largest absolute Gasteiger partial charge is 0.293 e. The maximum absolute atomic E-state index is 4.24. The quantitative estimate of drug-likeness (QED) is 0.522. The molecule has 0 aromatic carbocycles. The first-order valence-corrected chi connectivity index (χ1v) is 5.71. The molecule has 80 valence electrons. The predicted octanol–water partition coefficient (Wildman–Crippen LogP) is 4.49. The van der Waals surface area contributed by atoms with E-state index in [1.807, 2.05) is 14.0 Å². The second-order valence-corrected chi connectivity index (χ2v) is 4.42. The highest BCUT2D eigenvalue weighted by Gasteiger charge is 2.09. The average Bonchev–Trinajstić information content (AvgIpc) is 2.15. The molecular formula is C12H20BrN. The third kappa shape index (κ3) is 3.41. The average molecular weight is 258 g/mol. The summed E-state index contributed by atoms with van der Waals surface area (Å²) in [5, 5.41) is 0. The fourth-order valence-corrected chi connectivity index (χ4v) is 2.18. The van der Waals surface area contributed by atoms with Gasteiger partial charge in [-0.3, -0.25) is 4.99 Å². The first-order chi connectivity index (χ1) is 6.45. The Morgan fingerprint density at radius 1 is 1.14 bits per heavy atom. The zero-order valence-corrected chi connectivity index (χ0v) is 11.6. The third-order valence-electron chi connectivity index (χ3n) is 2.32. The maximum Gasteiger partial charge on any atom is 0.0396 e. The minimum Gasteiger partial charge on any atom is -0.293 e. The molecule has 0 aliphatic heterocycles. The third-order valence-corrected chi connectivity index (χ3v) is 3.40. The lowest BCUT2D eigenvalue weighted by atomic mass is 10.0. The summed E-state index contributed by atoms with van der Waals surface area (Å²) in [6.45, 7) is 10.6. The Labute approximate surface area is 96.1 Å². The highest BCUT2D eigenvalue weighted by Crippen LogP contribution is 2.27. The van der Waals surface area contributed by atoms with Crippen LogP contribution in [-0.4, -0.2) is 12.8 Å². The van der Waals surface area contributed by atoms with Gasteiger partial charge < -0.3 is 0 Å². The van der Waals surface area contributed by atoms with Crippen LogP contribution in [0.25, 0.3) is 0 Å². The SMILES string of the molecule is CC/C(C)=C(\Br)C(C(C)=NC)=C(C)C. The summed E-state index contributed by atoms with van der Waals surface area (Å²) >= 11 is 3.65. The number of allylic oxidation sites excluding steroid dienone is 4. The second kappa shape index (κ2) is 6.18. The highest BCUT2D eigenvalue weighted by molar-refractivity contribution is 9.12. The Bertz CT molecular complexity index is 291. The standard InChI is InChI=1S/C12H20BrN/c1-7-9(4)12(13)11(8(2)3)10(5)14-6/h7H2,1-6H3/b12-9-,14-10?. The van der Waals surface area contributed by atoms with Crippen LogP contribution in [0, 0.1) is 0 Å². The molecule has 0 bridgehead atoms. The smallest absolute Gasteiger partial charge is 0.0396 e. The van der Waals surface area contributed by atoms with Crippen LogP contribution < -0.4 is 0 Å². The Balaban J connectivity index is 5.40. The van der Waals surface area contributed by atoms with E-state index in [0.717, 1.165) is 12.1 Å². The molecule has 0 aliphatic carbocycles. The number of hydrogen-bond donors (Lipinski definition) is 0. The van der Waals surface area contributed by atoms with Gasteiger partial charge in [-0.05, 0) is 34.1 Å². The van der Waals surface area contributed by atoms with E-state index in [2.05, 4.69) is 48.6 Å². The fourth-order valence-electron chi connectivity index (χ4n) is 1.22. The van der Waals surface area contributed by atoms with Gasteiger partial charge in [-0.25, -0.2) is 0 Å². The van der Waals surface area contributed by atoms with Gasteiger partial charge in [-0.15, -0.1) is 0 Å². The monoisotopic (exact) mass is 257 g/mol. The van der Waals surface area contributed by atoms with Crippen LogP contribution in [0.1, 0.15) is 41.0 Å². The van der Waals surface area contributed by atoms with Crippen LogP contribution in [0.4, 0.5) is 0 Å². The highest BCUT2D eigenvalue weighted by atomic mass is 79.9. The van der Waals surface area contributed by atoms with Crippen molar-refractivity contribution in [3.05, 3.63) is 21.2 Å².